The summed E-state index contributed by atoms with van der Waals surface area (Å²) in [5.74, 6) is -3.27. The van der Waals surface area contributed by atoms with Crippen LogP contribution < -0.4 is 0 Å². The Morgan fingerprint density at radius 2 is 1.83 bits per heavy atom. The van der Waals surface area contributed by atoms with Gasteiger partial charge in [-0.05, 0) is 38.0 Å². The van der Waals surface area contributed by atoms with Crippen LogP contribution in [0.5, 0.6) is 0 Å². The zero-order valence-corrected chi connectivity index (χ0v) is 16.1. The number of alkyl halides is 3. The number of halogens is 4. The van der Waals surface area contributed by atoms with Crippen molar-refractivity contribution in [1.29, 1.82) is 0 Å². The summed E-state index contributed by atoms with van der Waals surface area (Å²) in [4.78, 5) is 39.0. The molecule has 1 aliphatic heterocycles. The maximum absolute atomic E-state index is 13.4. The van der Waals surface area contributed by atoms with E-state index < -0.39 is 23.5 Å². The molecule has 1 saturated heterocycles. The fourth-order valence-electron chi connectivity index (χ4n) is 3.10. The van der Waals surface area contributed by atoms with Gasteiger partial charge in [0.05, 0.1) is 24.6 Å². The first-order valence-electron chi connectivity index (χ1n) is 9.11. The fraction of sp³-hybridized carbons (Fsp3) is 0.526. The van der Waals surface area contributed by atoms with Gasteiger partial charge in [-0.2, -0.15) is 13.2 Å². The van der Waals surface area contributed by atoms with E-state index in [-0.39, 0.29) is 36.5 Å². The van der Waals surface area contributed by atoms with E-state index in [4.69, 9.17) is 4.74 Å². The number of likely N-dealkylation sites (N-methyl/N-ethyl adjacent to an activating group) is 1. The van der Waals surface area contributed by atoms with Gasteiger partial charge in [-0.15, -0.1) is 0 Å². The van der Waals surface area contributed by atoms with Crippen LogP contribution in [-0.4, -0.2) is 60.9 Å². The molecular weight excluding hydrogens is 396 g/mol. The summed E-state index contributed by atoms with van der Waals surface area (Å²) in [6.07, 6.45) is -4.05. The van der Waals surface area contributed by atoms with E-state index in [0.717, 1.165) is 11.0 Å². The van der Waals surface area contributed by atoms with Crippen molar-refractivity contribution in [3.05, 3.63) is 35.1 Å². The molecule has 0 spiro atoms. The van der Waals surface area contributed by atoms with Crippen LogP contribution in [0.15, 0.2) is 18.2 Å². The first-order chi connectivity index (χ1) is 13.5. The van der Waals surface area contributed by atoms with E-state index in [9.17, 15) is 31.9 Å². The summed E-state index contributed by atoms with van der Waals surface area (Å²) in [5.41, 5.74) is -1.90. The fourth-order valence-corrected chi connectivity index (χ4v) is 3.10. The van der Waals surface area contributed by atoms with Crippen molar-refractivity contribution in [1.82, 2.24) is 9.80 Å². The highest BCUT2D eigenvalue weighted by molar-refractivity contribution is 5.96. The second-order valence-corrected chi connectivity index (χ2v) is 6.76. The maximum atomic E-state index is 13.4. The summed E-state index contributed by atoms with van der Waals surface area (Å²) in [7, 11) is 1.28. The van der Waals surface area contributed by atoms with Crippen molar-refractivity contribution in [3.63, 3.8) is 0 Å². The molecule has 0 saturated carbocycles. The van der Waals surface area contributed by atoms with E-state index in [1.54, 1.807) is 6.92 Å². The second-order valence-electron chi connectivity index (χ2n) is 6.76. The van der Waals surface area contributed by atoms with Crippen LogP contribution in [0.4, 0.5) is 17.6 Å². The van der Waals surface area contributed by atoms with Crippen LogP contribution in [0.2, 0.25) is 0 Å². The van der Waals surface area contributed by atoms with Gasteiger partial charge in [0.15, 0.2) is 0 Å². The Bertz CT molecular complexity index is 774. The molecule has 2 rings (SSSR count). The summed E-state index contributed by atoms with van der Waals surface area (Å²) in [6, 6.07) is 1.95. The van der Waals surface area contributed by atoms with Crippen molar-refractivity contribution < 1.29 is 36.7 Å². The predicted molar refractivity (Wildman–Crippen MR) is 94.3 cm³/mol. The highest BCUT2D eigenvalue weighted by Crippen LogP contribution is 2.32. The van der Waals surface area contributed by atoms with Gasteiger partial charge in [-0.3, -0.25) is 14.4 Å². The molecule has 2 amide bonds. The lowest BCUT2D eigenvalue weighted by atomic mass is 9.97. The highest BCUT2D eigenvalue weighted by atomic mass is 19.4. The van der Waals surface area contributed by atoms with Crippen molar-refractivity contribution in [3.8, 4) is 0 Å². The monoisotopic (exact) mass is 418 g/mol. The largest absolute Gasteiger partial charge is 0.466 e. The van der Waals surface area contributed by atoms with Gasteiger partial charge in [-0.25, -0.2) is 4.39 Å². The van der Waals surface area contributed by atoms with E-state index >= 15 is 0 Å². The topological polar surface area (TPSA) is 66.9 Å². The van der Waals surface area contributed by atoms with E-state index in [1.165, 1.54) is 11.9 Å². The number of amides is 2. The van der Waals surface area contributed by atoms with Crippen molar-refractivity contribution in [2.75, 3.05) is 33.3 Å². The third-order valence-corrected chi connectivity index (χ3v) is 4.71. The number of hydrogen-bond donors (Lipinski definition) is 0. The zero-order valence-electron chi connectivity index (χ0n) is 16.1. The SMILES string of the molecule is CCOC(=O)C1CCN(C(=O)CN(C)C(=O)c2ccc(F)c(C(F)(F)F)c2)CC1. The molecular formula is C19H22F4N2O4. The molecule has 0 unspecified atom stereocenters. The van der Waals surface area contributed by atoms with Crippen LogP contribution in [0.25, 0.3) is 0 Å². The summed E-state index contributed by atoms with van der Waals surface area (Å²) in [6.45, 7) is 2.28. The van der Waals surface area contributed by atoms with Gasteiger partial charge < -0.3 is 14.5 Å². The van der Waals surface area contributed by atoms with Crippen LogP contribution in [0, 0.1) is 11.7 Å². The van der Waals surface area contributed by atoms with Gasteiger partial charge in [0.2, 0.25) is 5.91 Å². The molecule has 0 aromatic heterocycles. The van der Waals surface area contributed by atoms with Crippen LogP contribution in [-0.2, 0) is 20.5 Å². The van der Waals surface area contributed by atoms with Crippen molar-refractivity contribution in [2.45, 2.75) is 25.9 Å². The molecule has 0 aliphatic carbocycles. The molecule has 1 aliphatic rings. The molecule has 10 heteroatoms. The smallest absolute Gasteiger partial charge is 0.419 e. The van der Waals surface area contributed by atoms with Gasteiger partial charge in [0.25, 0.3) is 5.91 Å². The lowest BCUT2D eigenvalue weighted by Crippen LogP contribution is -2.45. The molecule has 0 radical (unpaired) electrons. The number of carbonyl (C=O) groups excluding carboxylic acids is 3. The normalized spacial score (nSPS) is 15.2. The Balaban J connectivity index is 1.96. The molecule has 6 nitrogen and oxygen atoms in total. The number of ether oxygens (including phenoxy) is 1. The minimum Gasteiger partial charge on any atom is -0.466 e. The number of nitrogens with zero attached hydrogens (tertiary/aromatic N) is 2. The molecule has 1 heterocycles. The number of benzene rings is 1. The molecule has 29 heavy (non-hydrogen) atoms. The average Bonchev–Trinajstić information content (AvgIpc) is 2.67. The first kappa shape index (κ1) is 22.6. The third-order valence-electron chi connectivity index (χ3n) is 4.71. The Kier molecular flexibility index (Phi) is 7.21. The number of carbonyl (C=O) groups is 3. The number of hydrogen-bond acceptors (Lipinski definition) is 4. The van der Waals surface area contributed by atoms with Gasteiger partial charge >= 0.3 is 12.1 Å². The van der Waals surface area contributed by atoms with E-state index in [1.807, 2.05) is 0 Å². The summed E-state index contributed by atoms with van der Waals surface area (Å²) >= 11 is 0. The molecule has 1 fully saturated rings. The molecule has 0 N–H and O–H groups in total. The van der Waals surface area contributed by atoms with Gasteiger partial charge in [0.1, 0.15) is 5.82 Å². The Hall–Kier alpha value is -2.65. The van der Waals surface area contributed by atoms with Crippen molar-refractivity contribution >= 4 is 17.8 Å². The second kappa shape index (κ2) is 9.23. The third kappa shape index (κ3) is 5.68. The molecule has 1 aromatic rings. The molecule has 0 atom stereocenters. The number of piperidine rings is 1. The standard InChI is InChI=1S/C19H22F4N2O4/c1-3-29-18(28)12-6-8-25(9-7-12)16(26)11-24(2)17(27)13-4-5-15(20)14(10-13)19(21,22)23/h4-5,10,12H,3,6-9,11H2,1-2H3. The molecule has 1 aromatic carbocycles. The molecule has 160 valence electrons. The summed E-state index contributed by atoms with van der Waals surface area (Å²) < 4.78 is 56.8. The minimum atomic E-state index is -4.93. The van der Waals surface area contributed by atoms with E-state index in [2.05, 4.69) is 0 Å². The average molecular weight is 418 g/mol. The van der Waals surface area contributed by atoms with E-state index in [0.29, 0.717) is 38.1 Å². The Morgan fingerprint density at radius 1 is 1.21 bits per heavy atom. The zero-order chi connectivity index (χ0) is 21.8. The van der Waals surface area contributed by atoms with Crippen molar-refractivity contribution in [2.24, 2.45) is 5.92 Å². The van der Waals surface area contributed by atoms with Gasteiger partial charge in [0, 0.05) is 25.7 Å². The lowest BCUT2D eigenvalue weighted by Gasteiger charge is -2.32. The quantitative estimate of drug-likeness (QED) is 0.545. The number of likely N-dealkylation sites (tertiary alicyclic amines) is 1. The lowest BCUT2D eigenvalue weighted by molar-refractivity contribution is -0.151. The maximum Gasteiger partial charge on any atom is 0.419 e. The highest BCUT2D eigenvalue weighted by Gasteiger charge is 2.35. The van der Waals surface area contributed by atoms with Gasteiger partial charge in [-0.1, -0.05) is 0 Å². The molecule has 0 bridgehead atoms. The van der Waals surface area contributed by atoms with Crippen LogP contribution >= 0.6 is 0 Å². The van der Waals surface area contributed by atoms with Crippen LogP contribution in [0.3, 0.4) is 0 Å². The summed E-state index contributed by atoms with van der Waals surface area (Å²) in [5, 5.41) is 0. The van der Waals surface area contributed by atoms with Crippen LogP contribution in [0.1, 0.15) is 35.7 Å². The first-order valence-corrected chi connectivity index (χ1v) is 9.11. The Labute approximate surface area is 165 Å². The predicted octanol–water partition coefficient (Wildman–Crippen LogP) is 2.72. The Morgan fingerprint density at radius 3 is 2.38 bits per heavy atom. The number of rotatable bonds is 5. The minimum absolute atomic E-state index is 0.279. The number of esters is 1.